The zero-order valence-corrected chi connectivity index (χ0v) is 14.6. The molecule has 1 fully saturated rings. The smallest absolute Gasteiger partial charge is 0.256 e. The molecule has 1 aliphatic rings. The van der Waals surface area contributed by atoms with Crippen LogP contribution in [0.15, 0.2) is 29.8 Å². The first-order valence-electron chi connectivity index (χ1n) is 8.25. The standard InChI is InChI=1S/C18H21ClN2O4/c19-15-8-5-4-7-13(15)11-14-12-17(23)21(18(14)24)10-6-2-1-3-9-16(22)20-25/h4-5,7-8,11,25H,1-3,6,9-10,12H2,(H,20,22)/b14-11+. The molecular formula is C18H21ClN2O4. The SMILES string of the molecule is O=C(CCCCCCN1C(=O)C/C(=C\c2ccccc2Cl)C1=O)NO. The van der Waals surface area contributed by atoms with Crippen LogP contribution in [0, 0.1) is 0 Å². The van der Waals surface area contributed by atoms with Crippen LogP contribution < -0.4 is 5.48 Å². The molecule has 25 heavy (non-hydrogen) atoms. The van der Waals surface area contributed by atoms with E-state index in [9.17, 15) is 14.4 Å². The van der Waals surface area contributed by atoms with E-state index < -0.39 is 5.91 Å². The topological polar surface area (TPSA) is 86.7 Å². The van der Waals surface area contributed by atoms with Gasteiger partial charge in [-0.2, -0.15) is 0 Å². The third-order valence-corrected chi connectivity index (χ3v) is 4.40. The van der Waals surface area contributed by atoms with Crippen molar-refractivity contribution in [3.8, 4) is 0 Å². The Labute approximate surface area is 151 Å². The van der Waals surface area contributed by atoms with Gasteiger partial charge < -0.3 is 0 Å². The van der Waals surface area contributed by atoms with Crippen molar-refractivity contribution >= 4 is 35.4 Å². The summed E-state index contributed by atoms with van der Waals surface area (Å²) in [6.07, 6.45) is 4.99. The van der Waals surface area contributed by atoms with E-state index >= 15 is 0 Å². The van der Waals surface area contributed by atoms with Crippen molar-refractivity contribution in [1.82, 2.24) is 10.4 Å². The number of unbranched alkanes of at least 4 members (excludes halogenated alkanes) is 3. The van der Waals surface area contributed by atoms with Crippen molar-refractivity contribution in [2.45, 2.75) is 38.5 Å². The van der Waals surface area contributed by atoms with Gasteiger partial charge in [0.1, 0.15) is 0 Å². The molecule has 7 heteroatoms. The van der Waals surface area contributed by atoms with Gasteiger partial charge in [0.05, 0.1) is 6.42 Å². The maximum Gasteiger partial charge on any atom is 0.256 e. The van der Waals surface area contributed by atoms with Gasteiger partial charge in [0, 0.05) is 23.6 Å². The number of hydrogen-bond acceptors (Lipinski definition) is 4. The lowest BCUT2D eigenvalue weighted by Crippen LogP contribution is -2.30. The lowest BCUT2D eigenvalue weighted by Gasteiger charge is -2.13. The minimum atomic E-state index is -0.403. The number of halogens is 1. The lowest BCUT2D eigenvalue weighted by molar-refractivity contribution is -0.137. The Balaban J connectivity index is 1.83. The summed E-state index contributed by atoms with van der Waals surface area (Å²) in [5, 5.41) is 8.93. The molecule has 0 aromatic heterocycles. The van der Waals surface area contributed by atoms with Crippen molar-refractivity contribution in [3.63, 3.8) is 0 Å². The predicted octanol–water partition coefficient (Wildman–Crippen LogP) is 2.94. The van der Waals surface area contributed by atoms with Crippen LogP contribution in [0.5, 0.6) is 0 Å². The number of hydrogen-bond donors (Lipinski definition) is 2. The molecule has 134 valence electrons. The van der Waals surface area contributed by atoms with Crippen molar-refractivity contribution in [3.05, 3.63) is 40.4 Å². The molecule has 2 N–H and O–H groups in total. The summed E-state index contributed by atoms with van der Waals surface area (Å²) >= 11 is 6.09. The third kappa shape index (κ3) is 5.41. The highest BCUT2D eigenvalue weighted by Crippen LogP contribution is 2.25. The molecular weight excluding hydrogens is 344 g/mol. The fourth-order valence-corrected chi connectivity index (χ4v) is 2.89. The number of likely N-dealkylation sites (tertiary alicyclic amines) is 1. The first-order valence-corrected chi connectivity index (χ1v) is 8.63. The van der Waals surface area contributed by atoms with Crippen molar-refractivity contribution in [2.24, 2.45) is 0 Å². The molecule has 0 saturated carbocycles. The molecule has 0 atom stereocenters. The Morgan fingerprint density at radius 2 is 1.92 bits per heavy atom. The van der Waals surface area contributed by atoms with E-state index in [0.717, 1.165) is 18.4 Å². The Morgan fingerprint density at radius 3 is 2.64 bits per heavy atom. The first-order chi connectivity index (χ1) is 12.0. The molecule has 0 unspecified atom stereocenters. The average molecular weight is 365 g/mol. The molecule has 1 saturated heterocycles. The summed E-state index contributed by atoms with van der Waals surface area (Å²) in [4.78, 5) is 36.6. The monoisotopic (exact) mass is 364 g/mol. The highest BCUT2D eigenvalue weighted by Gasteiger charge is 2.33. The highest BCUT2D eigenvalue weighted by atomic mass is 35.5. The van der Waals surface area contributed by atoms with Gasteiger partial charge in [-0.1, -0.05) is 42.6 Å². The van der Waals surface area contributed by atoms with Crippen LogP contribution in [0.3, 0.4) is 0 Å². The van der Waals surface area contributed by atoms with E-state index in [-0.39, 0.29) is 24.7 Å². The van der Waals surface area contributed by atoms with Crippen LogP contribution in [0.2, 0.25) is 5.02 Å². The van der Waals surface area contributed by atoms with Crippen molar-refractivity contribution < 1.29 is 19.6 Å². The van der Waals surface area contributed by atoms with Gasteiger partial charge in [-0.25, -0.2) is 5.48 Å². The zero-order chi connectivity index (χ0) is 18.2. The van der Waals surface area contributed by atoms with Crippen molar-refractivity contribution in [2.75, 3.05) is 6.54 Å². The van der Waals surface area contributed by atoms with Gasteiger partial charge in [-0.05, 0) is 30.5 Å². The van der Waals surface area contributed by atoms with Crippen LogP contribution in [0.25, 0.3) is 6.08 Å². The first kappa shape index (κ1) is 19.1. The third-order valence-electron chi connectivity index (χ3n) is 4.06. The Kier molecular flexibility index (Phi) is 7.16. The van der Waals surface area contributed by atoms with E-state index in [4.69, 9.17) is 16.8 Å². The summed E-state index contributed by atoms with van der Waals surface area (Å²) in [6, 6.07) is 7.18. The molecule has 3 amide bonds. The largest absolute Gasteiger partial charge is 0.289 e. The number of hydroxylamine groups is 1. The van der Waals surface area contributed by atoms with E-state index in [0.29, 0.717) is 30.0 Å². The molecule has 0 spiro atoms. The molecule has 2 rings (SSSR count). The van der Waals surface area contributed by atoms with E-state index in [1.54, 1.807) is 23.7 Å². The number of benzene rings is 1. The van der Waals surface area contributed by atoms with Gasteiger partial charge in [-0.15, -0.1) is 0 Å². The molecule has 1 aromatic rings. The normalized spacial score (nSPS) is 15.9. The Hall–Kier alpha value is -2.18. The zero-order valence-electron chi connectivity index (χ0n) is 13.8. The fraction of sp³-hybridized carbons (Fsp3) is 0.389. The molecule has 1 heterocycles. The number of nitrogens with zero attached hydrogens (tertiary/aromatic N) is 1. The second-order valence-corrected chi connectivity index (χ2v) is 6.32. The Morgan fingerprint density at radius 1 is 1.20 bits per heavy atom. The average Bonchev–Trinajstić information content (AvgIpc) is 2.86. The maximum absolute atomic E-state index is 12.4. The second-order valence-electron chi connectivity index (χ2n) is 5.92. The van der Waals surface area contributed by atoms with Crippen LogP contribution in [0.4, 0.5) is 0 Å². The van der Waals surface area contributed by atoms with Gasteiger partial charge in [0.25, 0.3) is 5.91 Å². The quantitative estimate of drug-likeness (QED) is 0.244. The highest BCUT2D eigenvalue weighted by molar-refractivity contribution is 6.32. The lowest BCUT2D eigenvalue weighted by atomic mass is 10.1. The second kappa shape index (κ2) is 9.34. The minimum absolute atomic E-state index is 0.0979. The number of carbonyl (C=O) groups excluding carboxylic acids is 3. The fourth-order valence-electron chi connectivity index (χ4n) is 2.70. The number of amides is 3. The van der Waals surface area contributed by atoms with E-state index in [1.165, 1.54) is 4.90 Å². The Bertz CT molecular complexity index is 687. The van der Waals surface area contributed by atoms with E-state index in [2.05, 4.69) is 0 Å². The molecule has 0 aliphatic carbocycles. The van der Waals surface area contributed by atoms with Gasteiger partial charge in [0.15, 0.2) is 0 Å². The number of imide groups is 1. The van der Waals surface area contributed by atoms with Crippen LogP contribution in [-0.4, -0.2) is 34.4 Å². The van der Waals surface area contributed by atoms with Gasteiger partial charge >= 0.3 is 0 Å². The summed E-state index contributed by atoms with van der Waals surface area (Å²) in [7, 11) is 0. The summed E-state index contributed by atoms with van der Waals surface area (Å²) < 4.78 is 0. The number of rotatable bonds is 8. The minimum Gasteiger partial charge on any atom is -0.289 e. The van der Waals surface area contributed by atoms with Crippen LogP contribution >= 0.6 is 11.6 Å². The summed E-state index contributed by atoms with van der Waals surface area (Å²) in [5.41, 5.74) is 2.77. The maximum atomic E-state index is 12.4. The summed E-state index contributed by atoms with van der Waals surface area (Å²) in [6.45, 7) is 0.379. The molecule has 1 aliphatic heterocycles. The molecule has 1 aromatic carbocycles. The predicted molar refractivity (Wildman–Crippen MR) is 93.8 cm³/mol. The number of nitrogens with one attached hydrogen (secondary N) is 1. The van der Waals surface area contributed by atoms with Gasteiger partial charge in [0.2, 0.25) is 11.8 Å². The van der Waals surface area contributed by atoms with Crippen molar-refractivity contribution in [1.29, 1.82) is 0 Å². The molecule has 6 nitrogen and oxygen atoms in total. The van der Waals surface area contributed by atoms with Crippen LogP contribution in [0.1, 0.15) is 44.1 Å². The summed E-state index contributed by atoms with van der Waals surface area (Å²) in [5.74, 6) is -0.855. The number of carbonyl (C=O) groups is 3. The van der Waals surface area contributed by atoms with Crippen LogP contribution in [-0.2, 0) is 14.4 Å². The van der Waals surface area contributed by atoms with E-state index in [1.807, 2.05) is 12.1 Å². The molecule has 0 bridgehead atoms. The molecule has 0 radical (unpaired) electrons. The van der Waals surface area contributed by atoms with Gasteiger partial charge in [-0.3, -0.25) is 24.5 Å².